The number of ether oxygens (including phenoxy) is 1. The van der Waals surface area contributed by atoms with Gasteiger partial charge in [0.1, 0.15) is 23.8 Å². The zero-order valence-electron chi connectivity index (χ0n) is 13.8. The fraction of sp³-hybridized carbons (Fsp3) is 0.545. The van der Waals surface area contributed by atoms with Crippen LogP contribution in [-0.2, 0) is 18.4 Å². The lowest BCUT2D eigenvalue weighted by Crippen LogP contribution is -2.33. The first-order valence-electron chi connectivity index (χ1n) is 7.56. The topological polar surface area (TPSA) is 223 Å². The molecular weight excluding hydrogens is 535 g/mol. The normalized spacial score (nSPS) is 27.9. The molecule has 1 saturated heterocycles. The fourth-order valence-corrected chi connectivity index (χ4v) is 5.71. The van der Waals surface area contributed by atoms with Gasteiger partial charge in [0.15, 0.2) is 27.4 Å². The highest BCUT2D eigenvalue weighted by Gasteiger charge is 2.45. The van der Waals surface area contributed by atoms with Crippen molar-refractivity contribution in [2.75, 3.05) is 18.2 Å². The third-order valence-corrected chi connectivity index (χ3v) is 7.77. The van der Waals surface area contributed by atoms with Gasteiger partial charge < -0.3 is 39.9 Å². The van der Waals surface area contributed by atoms with Gasteiger partial charge in [-0.1, -0.05) is 0 Å². The lowest BCUT2D eigenvalue weighted by Gasteiger charge is -2.18. The molecule has 0 aromatic carbocycles. The van der Waals surface area contributed by atoms with E-state index in [1.807, 2.05) is 22.6 Å². The number of aliphatic hydroxyl groups excluding tert-OH is 2. The van der Waals surface area contributed by atoms with Gasteiger partial charge in [-0.3, -0.25) is 13.7 Å². The zero-order chi connectivity index (χ0) is 20.9. The van der Waals surface area contributed by atoms with Crippen LogP contribution in [0.15, 0.2) is 6.33 Å². The summed E-state index contributed by atoms with van der Waals surface area (Å²) in [5.74, 6) is -1.27. The smallest absolute Gasteiger partial charge is 0.340 e. The van der Waals surface area contributed by atoms with E-state index in [1.165, 1.54) is 10.9 Å². The number of nitrogens with zero attached hydrogens (tertiary/aromatic N) is 4. The molecule has 0 radical (unpaired) electrons. The maximum absolute atomic E-state index is 11.7. The Bertz CT molecular complexity index is 983. The molecule has 0 saturated carbocycles. The van der Waals surface area contributed by atoms with E-state index in [-0.39, 0.29) is 17.0 Å². The number of hydrogen-bond donors (Lipinski definition) is 6. The van der Waals surface area contributed by atoms with Gasteiger partial charge in [0.25, 0.3) is 0 Å². The summed E-state index contributed by atoms with van der Waals surface area (Å²) in [6.45, 7) is -0.691. The van der Waals surface area contributed by atoms with Crippen molar-refractivity contribution in [3.05, 3.63) is 10.2 Å². The fourth-order valence-electron chi connectivity index (χ4n) is 2.66. The van der Waals surface area contributed by atoms with Crippen LogP contribution in [0.25, 0.3) is 11.2 Å². The molecule has 17 heteroatoms. The van der Waals surface area contributed by atoms with Gasteiger partial charge in [0.05, 0.1) is 12.9 Å². The molecule has 0 spiro atoms. The van der Waals surface area contributed by atoms with Gasteiger partial charge in [-0.2, -0.15) is 0 Å². The van der Waals surface area contributed by atoms with E-state index in [2.05, 4.69) is 19.5 Å². The highest BCUT2D eigenvalue weighted by atomic mass is 127. The molecule has 1 unspecified atom stereocenters. The number of fused-ring (bicyclic) bond motifs is 1. The van der Waals surface area contributed by atoms with E-state index in [4.69, 9.17) is 20.3 Å². The molecule has 0 bridgehead atoms. The summed E-state index contributed by atoms with van der Waals surface area (Å²) in [7, 11) is -9.43. The minimum Gasteiger partial charge on any atom is -0.387 e. The summed E-state index contributed by atoms with van der Waals surface area (Å²) >= 11 is 1.84. The molecule has 3 rings (SSSR count). The lowest BCUT2D eigenvalue weighted by molar-refractivity contribution is -0.0483. The Hall–Kier alpha value is -0.740. The first-order valence-corrected chi connectivity index (χ1v) is 12.2. The molecular formula is C11H16IN5O9P2. The highest BCUT2D eigenvalue weighted by Crippen LogP contribution is 2.55. The predicted octanol–water partition coefficient (Wildman–Crippen LogP) is -1.03. The van der Waals surface area contributed by atoms with Crippen LogP contribution in [-0.4, -0.2) is 75.2 Å². The second-order valence-electron chi connectivity index (χ2n) is 5.99. The molecule has 2 aromatic heterocycles. The van der Waals surface area contributed by atoms with Crippen LogP contribution in [0.3, 0.4) is 0 Å². The van der Waals surface area contributed by atoms with E-state index in [9.17, 15) is 24.2 Å². The molecule has 14 nitrogen and oxygen atoms in total. The third kappa shape index (κ3) is 4.70. The second-order valence-corrected chi connectivity index (χ2v) is 10.9. The molecule has 28 heavy (non-hydrogen) atoms. The Labute approximate surface area is 170 Å². The van der Waals surface area contributed by atoms with Crippen molar-refractivity contribution in [3.8, 4) is 0 Å². The second kappa shape index (κ2) is 7.83. The van der Waals surface area contributed by atoms with E-state index in [0.717, 1.165) is 0 Å². The van der Waals surface area contributed by atoms with E-state index >= 15 is 0 Å². The molecule has 0 aliphatic carbocycles. The number of aliphatic hydroxyl groups is 2. The average molecular weight is 551 g/mol. The monoisotopic (exact) mass is 551 g/mol. The van der Waals surface area contributed by atoms with Gasteiger partial charge >= 0.3 is 15.2 Å². The van der Waals surface area contributed by atoms with Gasteiger partial charge in [-0.25, -0.2) is 15.0 Å². The van der Waals surface area contributed by atoms with Gasteiger partial charge in [0.2, 0.25) is 0 Å². The molecule has 1 aliphatic heterocycles. The maximum atomic E-state index is 11.7. The molecule has 156 valence electrons. The van der Waals surface area contributed by atoms with Crippen molar-refractivity contribution in [2.24, 2.45) is 0 Å². The minimum absolute atomic E-state index is 0.111. The van der Waals surface area contributed by atoms with Gasteiger partial charge in [-0.05, 0) is 0 Å². The summed E-state index contributed by atoms with van der Waals surface area (Å²) < 4.78 is 34.4. The number of hydrogen-bond acceptors (Lipinski definition) is 10. The van der Waals surface area contributed by atoms with Crippen LogP contribution < -0.4 is 5.73 Å². The number of nitrogens with two attached hydrogens (primary N) is 1. The van der Waals surface area contributed by atoms with E-state index < -0.39 is 52.2 Å². The van der Waals surface area contributed by atoms with E-state index in [0.29, 0.717) is 3.83 Å². The molecule has 3 heterocycles. The van der Waals surface area contributed by atoms with Crippen molar-refractivity contribution in [1.29, 1.82) is 0 Å². The molecule has 0 amide bonds. The van der Waals surface area contributed by atoms with Crippen LogP contribution in [0, 0.1) is 3.83 Å². The van der Waals surface area contributed by atoms with Crippen molar-refractivity contribution in [1.82, 2.24) is 19.5 Å². The SMILES string of the molecule is Nc1nc(I)nc2c1ncn2[C@@H]1O[C@H](COP(=O)(O)CP(=O)(O)O)[C@@H](O)[C@H]1O. The van der Waals surface area contributed by atoms with Gasteiger partial charge in [-0.15, -0.1) is 0 Å². The Kier molecular flexibility index (Phi) is 6.14. The Morgan fingerprint density at radius 2 is 1.93 bits per heavy atom. The quantitative estimate of drug-likeness (QED) is 0.144. The van der Waals surface area contributed by atoms with Crippen LogP contribution >= 0.6 is 37.8 Å². The van der Waals surface area contributed by atoms with E-state index in [1.54, 1.807) is 0 Å². The Morgan fingerprint density at radius 3 is 2.57 bits per heavy atom. The average Bonchev–Trinajstić information content (AvgIpc) is 3.06. The molecule has 2 aromatic rings. The number of halogens is 1. The van der Waals surface area contributed by atoms with Crippen molar-refractivity contribution < 1.29 is 43.3 Å². The molecule has 5 atom stereocenters. The number of imidazole rings is 1. The molecule has 7 N–H and O–H groups in total. The van der Waals surface area contributed by atoms with Crippen LogP contribution in [0.5, 0.6) is 0 Å². The van der Waals surface area contributed by atoms with Crippen molar-refractivity contribution in [3.63, 3.8) is 0 Å². The van der Waals surface area contributed by atoms with Crippen LogP contribution in [0.1, 0.15) is 6.23 Å². The maximum Gasteiger partial charge on any atom is 0.340 e. The number of anilines is 1. The molecule has 1 aliphatic rings. The highest BCUT2D eigenvalue weighted by molar-refractivity contribution is 14.1. The number of aromatic nitrogens is 4. The van der Waals surface area contributed by atoms with Crippen molar-refractivity contribution in [2.45, 2.75) is 24.5 Å². The summed E-state index contributed by atoms with van der Waals surface area (Å²) in [5.41, 5.74) is 6.27. The third-order valence-electron chi connectivity index (χ3n) is 3.84. The summed E-state index contributed by atoms with van der Waals surface area (Å²) in [4.78, 5) is 39.3. The number of rotatable bonds is 6. The van der Waals surface area contributed by atoms with Crippen LogP contribution in [0.4, 0.5) is 5.82 Å². The van der Waals surface area contributed by atoms with Gasteiger partial charge in [0, 0.05) is 22.6 Å². The number of nitrogen functional groups attached to an aromatic ring is 1. The minimum atomic E-state index is -4.79. The Balaban J connectivity index is 1.78. The molecule has 1 fully saturated rings. The lowest BCUT2D eigenvalue weighted by atomic mass is 10.1. The van der Waals surface area contributed by atoms with Crippen molar-refractivity contribution >= 4 is 54.8 Å². The standard InChI is InChI=1S/C11H16IN5O9P2/c12-11-15-8(13)5-9(16-11)17(2-14-5)10-7(19)6(18)4(26-10)1-25-28(23,24)3-27(20,21)22/h2,4,6-7,10,18-19H,1,3H2,(H,23,24)(H2,13,15,16)(H2,20,21,22)/t4-,6-,7-,10-/m1/s1. The van der Waals surface area contributed by atoms with Crippen LogP contribution in [0.2, 0.25) is 0 Å². The zero-order valence-corrected chi connectivity index (χ0v) is 17.8. The Morgan fingerprint density at radius 1 is 1.25 bits per heavy atom. The summed E-state index contributed by atoms with van der Waals surface area (Å²) in [6, 6.07) is 0. The largest absolute Gasteiger partial charge is 0.387 e. The first-order chi connectivity index (χ1) is 12.9. The summed E-state index contributed by atoms with van der Waals surface area (Å²) in [5, 5.41) is 20.5. The predicted molar refractivity (Wildman–Crippen MR) is 101 cm³/mol. The summed E-state index contributed by atoms with van der Waals surface area (Å²) in [6.07, 6.45) is -4.14. The first kappa shape index (κ1) is 22.0.